The molecule has 172 valence electrons. The number of anilines is 1. The zero-order chi connectivity index (χ0) is 23.2. The SMILES string of the molecule is N#Cc1ccc(OC2CCC(NC(=O)c3cnc(N4CCC(C=O)CC4)nn3)CC2)cc1Br. The Labute approximate surface area is 200 Å². The number of ether oxygens (including phenoxy) is 1. The lowest BCUT2D eigenvalue weighted by Gasteiger charge is -2.30. The van der Waals surface area contributed by atoms with Crippen LogP contribution in [0.3, 0.4) is 0 Å². The van der Waals surface area contributed by atoms with Crippen molar-refractivity contribution in [2.75, 3.05) is 18.0 Å². The van der Waals surface area contributed by atoms with Gasteiger partial charge in [0, 0.05) is 29.5 Å². The van der Waals surface area contributed by atoms with Gasteiger partial charge < -0.3 is 19.7 Å². The lowest BCUT2D eigenvalue weighted by atomic mass is 9.93. The van der Waals surface area contributed by atoms with E-state index in [1.165, 1.54) is 6.20 Å². The average Bonchev–Trinajstić information content (AvgIpc) is 2.85. The minimum Gasteiger partial charge on any atom is -0.490 e. The van der Waals surface area contributed by atoms with Crippen molar-refractivity contribution in [2.24, 2.45) is 5.92 Å². The molecule has 1 saturated carbocycles. The molecule has 4 rings (SSSR count). The number of aldehydes is 1. The number of nitrogens with one attached hydrogen (secondary N) is 1. The normalized spacial score (nSPS) is 21.2. The van der Waals surface area contributed by atoms with Crippen LogP contribution in [0.25, 0.3) is 0 Å². The van der Waals surface area contributed by atoms with Crippen molar-refractivity contribution < 1.29 is 14.3 Å². The van der Waals surface area contributed by atoms with Gasteiger partial charge in [-0.05, 0) is 72.7 Å². The molecule has 9 nitrogen and oxygen atoms in total. The Kier molecular flexibility index (Phi) is 7.50. The summed E-state index contributed by atoms with van der Waals surface area (Å²) in [7, 11) is 0. The average molecular weight is 513 g/mol. The summed E-state index contributed by atoms with van der Waals surface area (Å²) in [6, 6.07) is 7.52. The van der Waals surface area contributed by atoms with Gasteiger partial charge in [0.1, 0.15) is 18.1 Å². The van der Waals surface area contributed by atoms with Gasteiger partial charge in [0.2, 0.25) is 5.95 Å². The zero-order valence-corrected chi connectivity index (χ0v) is 19.7. The smallest absolute Gasteiger partial charge is 0.273 e. The van der Waals surface area contributed by atoms with Gasteiger partial charge in [-0.3, -0.25) is 4.79 Å². The molecular weight excluding hydrogens is 488 g/mol. The second-order valence-electron chi connectivity index (χ2n) is 8.42. The van der Waals surface area contributed by atoms with Crippen molar-refractivity contribution in [3.63, 3.8) is 0 Å². The number of rotatable bonds is 6. The van der Waals surface area contributed by atoms with Gasteiger partial charge in [0.15, 0.2) is 5.69 Å². The number of aromatic nitrogens is 3. The number of carbonyl (C=O) groups excluding carboxylic acids is 2. The molecule has 1 aromatic heterocycles. The molecule has 1 saturated heterocycles. The molecule has 1 N–H and O–H groups in total. The Hall–Kier alpha value is -3.06. The first-order valence-corrected chi connectivity index (χ1v) is 11.9. The van der Waals surface area contributed by atoms with Gasteiger partial charge in [-0.15, -0.1) is 10.2 Å². The van der Waals surface area contributed by atoms with Crippen molar-refractivity contribution in [1.82, 2.24) is 20.5 Å². The van der Waals surface area contributed by atoms with Gasteiger partial charge in [-0.2, -0.15) is 5.26 Å². The van der Waals surface area contributed by atoms with E-state index in [2.05, 4.69) is 42.5 Å². The van der Waals surface area contributed by atoms with E-state index in [-0.39, 0.29) is 29.7 Å². The number of halogens is 1. The van der Waals surface area contributed by atoms with Gasteiger partial charge in [0.05, 0.1) is 17.9 Å². The number of nitriles is 1. The largest absolute Gasteiger partial charge is 0.490 e. The fourth-order valence-electron chi connectivity index (χ4n) is 4.19. The van der Waals surface area contributed by atoms with E-state index in [9.17, 15) is 9.59 Å². The Morgan fingerprint density at radius 1 is 1.18 bits per heavy atom. The van der Waals surface area contributed by atoms with Crippen LogP contribution >= 0.6 is 15.9 Å². The highest BCUT2D eigenvalue weighted by molar-refractivity contribution is 9.10. The van der Waals surface area contributed by atoms with Gasteiger partial charge in [-0.1, -0.05) is 0 Å². The topological polar surface area (TPSA) is 121 Å². The molecule has 0 bridgehead atoms. The third-order valence-electron chi connectivity index (χ3n) is 6.17. The lowest BCUT2D eigenvalue weighted by molar-refractivity contribution is -0.111. The van der Waals surface area contributed by atoms with E-state index in [4.69, 9.17) is 10.00 Å². The maximum atomic E-state index is 12.6. The Bertz CT molecular complexity index is 1030. The van der Waals surface area contributed by atoms with Crippen molar-refractivity contribution in [1.29, 1.82) is 5.26 Å². The van der Waals surface area contributed by atoms with Crippen LogP contribution in [-0.4, -0.2) is 52.6 Å². The molecule has 2 fully saturated rings. The van der Waals surface area contributed by atoms with Crippen LogP contribution in [-0.2, 0) is 4.79 Å². The number of hydrogen-bond acceptors (Lipinski definition) is 8. The predicted molar refractivity (Wildman–Crippen MR) is 124 cm³/mol. The van der Waals surface area contributed by atoms with Crippen LogP contribution < -0.4 is 15.0 Å². The van der Waals surface area contributed by atoms with Crippen LogP contribution in [0, 0.1) is 17.2 Å². The van der Waals surface area contributed by atoms with E-state index in [0.717, 1.165) is 55.0 Å². The first-order valence-electron chi connectivity index (χ1n) is 11.1. The molecule has 0 spiro atoms. The predicted octanol–water partition coefficient (Wildman–Crippen LogP) is 3.04. The molecule has 1 aliphatic heterocycles. The molecule has 10 heteroatoms. The standard InChI is InChI=1S/C23H25BrN6O3/c24-20-11-19(4-1-16(20)12-25)33-18-5-2-17(3-6-18)27-22(32)21-13-26-23(29-28-21)30-9-7-15(14-31)8-10-30/h1,4,11,13-15,17-18H,2-3,5-10H2,(H,27,32). The van der Waals surface area contributed by atoms with E-state index in [0.29, 0.717) is 24.6 Å². The summed E-state index contributed by atoms with van der Waals surface area (Å²) in [5.41, 5.74) is 0.768. The van der Waals surface area contributed by atoms with Gasteiger partial charge in [0.25, 0.3) is 5.91 Å². The fraction of sp³-hybridized carbons (Fsp3) is 0.478. The number of hydrogen-bond donors (Lipinski definition) is 1. The summed E-state index contributed by atoms with van der Waals surface area (Å²) in [4.78, 5) is 29.8. The van der Waals surface area contributed by atoms with Crippen molar-refractivity contribution in [3.8, 4) is 11.8 Å². The number of nitrogens with zero attached hydrogens (tertiary/aromatic N) is 5. The molecule has 2 aliphatic rings. The summed E-state index contributed by atoms with van der Waals surface area (Å²) in [6.45, 7) is 1.42. The zero-order valence-electron chi connectivity index (χ0n) is 18.1. The number of amides is 1. The molecular formula is C23H25BrN6O3. The number of piperidine rings is 1. The molecule has 1 aromatic carbocycles. The monoisotopic (exact) mass is 512 g/mol. The lowest BCUT2D eigenvalue weighted by Crippen LogP contribution is -2.40. The van der Waals surface area contributed by atoms with E-state index < -0.39 is 0 Å². The Morgan fingerprint density at radius 3 is 2.55 bits per heavy atom. The molecule has 33 heavy (non-hydrogen) atoms. The summed E-state index contributed by atoms with van der Waals surface area (Å²) >= 11 is 3.38. The molecule has 1 amide bonds. The van der Waals surface area contributed by atoms with E-state index in [1.807, 2.05) is 11.0 Å². The fourth-order valence-corrected chi connectivity index (χ4v) is 4.64. The molecule has 0 unspecified atom stereocenters. The third kappa shape index (κ3) is 5.85. The highest BCUT2D eigenvalue weighted by Crippen LogP contribution is 2.27. The summed E-state index contributed by atoms with van der Waals surface area (Å²) in [5, 5.41) is 20.2. The summed E-state index contributed by atoms with van der Waals surface area (Å²) < 4.78 is 6.77. The molecule has 0 radical (unpaired) electrons. The second-order valence-corrected chi connectivity index (χ2v) is 9.28. The second kappa shape index (κ2) is 10.7. The van der Waals surface area contributed by atoms with Gasteiger partial charge >= 0.3 is 0 Å². The minimum atomic E-state index is -0.276. The van der Waals surface area contributed by atoms with Crippen LogP contribution in [0.15, 0.2) is 28.9 Å². The van der Waals surface area contributed by atoms with Crippen molar-refractivity contribution in [3.05, 3.63) is 40.1 Å². The maximum Gasteiger partial charge on any atom is 0.273 e. The Morgan fingerprint density at radius 2 is 1.94 bits per heavy atom. The van der Waals surface area contributed by atoms with Crippen LogP contribution in [0.2, 0.25) is 0 Å². The quantitative estimate of drug-likeness (QED) is 0.586. The van der Waals surface area contributed by atoms with Gasteiger partial charge in [-0.25, -0.2) is 4.98 Å². The van der Waals surface area contributed by atoms with Crippen LogP contribution in [0.4, 0.5) is 5.95 Å². The maximum absolute atomic E-state index is 12.6. The minimum absolute atomic E-state index is 0.0499. The first-order chi connectivity index (χ1) is 16.1. The van der Waals surface area contributed by atoms with E-state index >= 15 is 0 Å². The highest BCUT2D eigenvalue weighted by Gasteiger charge is 2.25. The number of carbonyl (C=O) groups is 2. The van der Waals surface area contributed by atoms with Crippen LogP contribution in [0.5, 0.6) is 5.75 Å². The molecule has 2 heterocycles. The summed E-state index contributed by atoms with van der Waals surface area (Å²) in [6.07, 6.45) is 7.35. The first kappa shape index (κ1) is 23.1. The molecule has 0 atom stereocenters. The van der Waals surface area contributed by atoms with Crippen molar-refractivity contribution >= 4 is 34.1 Å². The van der Waals surface area contributed by atoms with Crippen LogP contribution in [0.1, 0.15) is 54.6 Å². The Balaban J connectivity index is 1.24. The molecule has 1 aliphatic carbocycles. The highest BCUT2D eigenvalue weighted by atomic mass is 79.9. The van der Waals surface area contributed by atoms with Crippen molar-refractivity contribution in [2.45, 2.75) is 50.7 Å². The third-order valence-corrected chi connectivity index (χ3v) is 6.83. The number of benzene rings is 1. The molecule has 2 aromatic rings. The summed E-state index contributed by atoms with van der Waals surface area (Å²) in [5.74, 6) is 1.04. The van der Waals surface area contributed by atoms with E-state index in [1.54, 1.807) is 12.1 Å².